The predicted molar refractivity (Wildman–Crippen MR) is 86.9 cm³/mol. The molecule has 0 aliphatic carbocycles. The van der Waals surface area contributed by atoms with Gasteiger partial charge in [0.25, 0.3) is 0 Å². The van der Waals surface area contributed by atoms with Crippen LogP contribution in [0.4, 0.5) is 0 Å². The van der Waals surface area contributed by atoms with Gasteiger partial charge in [-0.05, 0) is 49.1 Å². The first kappa shape index (κ1) is 16.2. The average Bonchev–Trinajstić information content (AvgIpc) is 2.21. The molecule has 3 heteroatoms. The van der Waals surface area contributed by atoms with Crippen LogP contribution in [0.2, 0.25) is 0 Å². The summed E-state index contributed by atoms with van der Waals surface area (Å²) >= 11 is 7.11. The lowest BCUT2D eigenvalue weighted by molar-refractivity contribution is 0.347. The number of benzene rings is 1. The van der Waals surface area contributed by atoms with Crippen molar-refractivity contribution in [3.8, 4) is 0 Å². The van der Waals surface area contributed by atoms with Crippen LogP contribution in [0, 0.1) is 5.41 Å². The first-order chi connectivity index (χ1) is 8.31. The molecule has 1 atom stereocenters. The Kier molecular flexibility index (Phi) is 6.36. The lowest BCUT2D eigenvalue weighted by atomic mass is 9.88. The lowest BCUT2D eigenvalue weighted by Crippen LogP contribution is -2.17. The van der Waals surface area contributed by atoms with E-state index in [0.717, 1.165) is 8.95 Å². The van der Waals surface area contributed by atoms with Crippen LogP contribution < -0.4 is 5.32 Å². The van der Waals surface area contributed by atoms with Crippen molar-refractivity contribution in [1.82, 2.24) is 5.32 Å². The van der Waals surface area contributed by atoms with Crippen LogP contribution in [-0.2, 0) is 0 Å². The second-order valence-electron chi connectivity index (χ2n) is 6.00. The number of halogens is 2. The minimum atomic E-state index is 0.427. The van der Waals surface area contributed by atoms with Crippen LogP contribution >= 0.6 is 31.9 Å². The van der Waals surface area contributed by atoms with Gasteiger partial charge in [0.05, 0.1) is 0 Å². The highest BCUT2D eigenvalue weighted by Gasteiger charge is 2.14. The SMILES string of the molecule is CNC(CCCC(C)(C)C)c1cc(Br)cc(Br)c1. The minimum absolute atomic E-state index is 0.427. The van der Waals surface area contributed by atoms with Crippen LogP contribution in [0.25, 0.3) is 0 Å². The van der Waals surface area contributed by atoms with Gasteiger partial charge in [0, 0.05) is 15.0 Å². The van der Waals surface area contributed by atoms with Crippen LogP contribution in [0.3, 0.4) is 0 Å². The second-order valence-corrected chi connectivity index (χ2v) is 7.83. The topological polar surface area (TPSA) is 12.0 Å². The van der Waals surface area contributed by atoms with Crippen LogP contribution in [0.15, 0.2) is 27.1 Å². The number of rotatable bonds is 5. The van der Waals surface area contributed by atoms with Crippen molar-refractivity contribution in [3.05, 3.63) is 32.7 Å². The predicted octanol–water partition coefficient (Wildman–Crippen LogP) is 5.69. The van der Waals surface area contributed by atoms with E-state index >= 15 is 0 Å². The molecule has 0 saturated heterocycles. The monoisotopic (exact) mass is 375 g/mol. The summed E-state index contributed by atoms with van der Waals surface area (Å²) in [4.78, 5) is 0. The van der Waals surface area contributed by atoms with Gasteiger partial charge < -0.3 is 5.32 Å². The highest BCUT2D eigenvalue weighted by atomic mass is 79.9. The molecule has 0 spiro atoms. The van der Waals surface area contributed by atoms with E-state index in [2.05, 4.69) is 76.1 Å². The molecule has 0 fully saturated rings. The summed E-state index contributed by atoms with van der Waals surface area (Å²) in [5.41, 5.74) is 1.77. The molecule has 18 heavy (non-hydrogen) atoms. The van der Waals surface area contributed by atoms with E-state index in [1.165, 1.54) is 24.8 Å². The third kappa shape index (κ3) is 5.85. The molecular weight excluding hydrogens is 354 g/mol. The van der Waals surface area contributed by atoms with Crippen molar-refractivity contribution < 1.29 is 0 Å². The van der Waals surface area contributed by atoms with E-state index < -0.39 is 0 Å². The molecule has 1 N–H and O–H groups in total. The average molecular weight is 377 g/mol. The zero-order chi connectivity index (χ0) is 13.8. The van der Waals surface area contributed by atoms with Crippen molar-refractivity contribution in [2.45, 2.75) is 46.1 Å². The summed E-state index contributed by atoms with van der Waals surface area (Å²) in [7, 11) is 2.04. The van der Waals surface area contributed by atoms with Crippen LogP contribution in [0.5, 0.6) is 0 Å². The maximum Gasteiger partial charge on any atom is 0.0318 e. The van der Waals surface area contributed by atoms with E-state index in [0.29, 0.717) is 11.5 Å². The molecule has 1 aromatic rings. The van der Waals surface area contributed by atoms with Gasteiger partial charge in [-0.1, -0.05) is 59.1 Å². The van der Waals surface area contributed by atoms with Gasteiger partial charge in [0.1, 0.15) is 0 Å². The molecule has 0 saturated carbocycles. The third-order valence-electron chi connectivity index (χ3n) is 3.06. The van der Waals surface area contributed by atoms with Gasteiger partial charge >= 0.3 is 0 Å². The van der Waals surface area contributed by atoms with Gasteiger partial charge in [-0.15, -0.1) is 0 Å². The standard InChI is InChI=1S/C15H23Br2N/c1-15(2,3)7-5-6-14(18-4)11-8-12(16)10-13(17)9-11/h8-10,14,18H,5-7H2,1-4H3. The molecule has 0 amide bonds. The summed E-state index contributed by atoms with van der Waals surface area (Å²) in [6.07, 6.45) is 3.69. The smallest absolute Gasteiger partial charge is 0.0318 e. The zero-order valence-corrected chi connectivity index (χ0v) is 14.9. The first-order valence-corrected chi connectivity index (χ1v) is 8.04. The molecular formula is C15H23Br2N. The van der Waals surface area contributed by atoms with Crippen molar-refractivity contribution in [2.75, 3.05) is 7.05 Å². The van der Waals surface area contributed by atoms with Crippen LogP contribution in [-0.4, -0.2) is 7.05 Å². The minimum Gasteiger partial charge on any atom is -0.313 e. The Morgan fingerprint density at radius 1 is 1.11 bits per heavy atom. The number of hydrogen-bond donors (Lipinski definition) is 1. The molecule has 1 nitrogen and oxygen atoms in total. The zero-order valence-electron chi connectivity index (χ0n) is 11.7. The maximum absolute atomic E-state index is 3.55. The summed E-state index contributed by atoms with van der Waals surface area (Å²) in [5.74, 6) is 0. The van der Waals surface area contributed by atoms with Gasteiger partial charge in [-0.2, -0.15) is 0 Å². The molecule has 1 unspecified atom stereocenters. The third-order valence-corrected chi connectivity index (χ3v) is 3.97. The Morgan fingerprint density at radius 2 is 1.67 bits per heavy atom. The summed E-state index contributed by atoms with van der Waals surface area (Å²) in [6, 6.07) is 6.90. The fourth-order valence-electron chi connectivity index (χ4n) is 2.09. The molecule has 1 aromatic carbocycles. The fraction of sp³-hybridized carbons (Fsp3) is 0.600. The second kappa shape index (κ2) is 7.06. The quantitative estimate of drug-likeness (QED) is 0.695. The molecule has 0 bridgehead atoms. The van der Waals surface area contributed by atoms with Crippen molar-refractivity contribution >= 4 is 31.9 Å². The van der Waals surface area contributed by atoms with E-state index in [4.69, 9.17) is 0 Å². The Labute approximate surface area is 128 Å². The Hall–Kier alpha value is 0.140. The van der Waals surface area contributed by atoms with E-state index in [1.807, 2.05) is 7.05 Å². The first-order valence-electron chi connectivity index (χ1n) is 6.45. The Bertz CT molecular complexity index is 362. The van der Waals surface area contributed by atoms with Crippen LogP contribution in [0.1, 0.15) is 51.6 Å². The molecule has 0 aliphatic rings. The fourth-order valence-corrected chi connectivity index (χ4v) is 3.42. The summed E-state index contributed by atoms with van der Waals surface area (Å²) < 4.78 is 2.26. The number of nitrogens with one attached hydrogen (secondary N) is 1. The van der Waals surface area contributed by atoms with E-state index in [9.17, 15) is 0 Å². The van der Waals surface area contributed by atoms with Gasteiger partial charge in [-0.3, -0.25) is 0 Å². The maximum atomic E-state index is 3.55. The normalized spacial score (nSPS) is 13.7. The molecule has 102 valence electrons. The summed E-state index contributed by atoms with van der Waals surface area (Å²) in [6.45, 7) is 6.91. The van der Waals surface area contributed by atoms with E-state index in [1.54, 1.807) is 0 Å². The van der Waals surface area contributed by atoms with Gasteiger partial charge in [0.2, 0.25) is 0 Å². The van der Waals surface area contributed by atoms with Crippen molar-refractivity contribution in [2.24, 2.45) is 5.41 Å². The van der Waals surface area contributed by atoms with Crippen molar-refractivity contribution in [1.29, 1.82) is 0 Å². The number of hydrogen-bond acceptors (Lipinski definition) is 1. The van der Waals surface area contributed by atoms with E-state index in [-0.39, 0.29) is 0 Å². The molecule has 0 radical (unpaired) electrons. The highest BCUT2D eigenvalue weighted by molar-refractivity contribution is 9.11. The molecule has 0 aliphatic heterocycles. The highest BCUT2D eigenvalue weighted by Crippen LogP contribution is 2.29. The van der Waals surface area contributed by atoms with Gasteiger partial charge in [-0.25, -0.2) is 0 Å². The lowest BCUT2D eigenvalue weighted by Gasteiger charge is -2.21. The Balaban J connectivity index is 2.65. The molecule has 1 rings (SSSR count). The van der Waals surface area contributed by atoms with Gasteiger partial charge in [0.15, 0.2) is 0 Å². The largest absolute Gasteiger partial charge is 0.313 e. The Morgan fingerprint density at radius 3 is 2.11 bits per heavy atom. The summed E-state index contributed by atoms with van der Waals surface area (Å²) in [5, 5.41) is 3.42. The molecule has 0 aromatic heterocycles. The molecule has 0 heterocycles. The van der Waals surface area contributed by atoms with Crippen molar-refractivity contribution in [3.63, 3.8) is 0 Å².